The van der Waals surface area contributed by atoms with Gasteiger partial charge in [0.05, 0.1) is 6.61 Å². The van der Waals surface area contributed by atoms with E-state index in [1.165, 1.54) is 44.9 Å². The molecule has 0 heterocycles. The minimum atomic E-state index is -0.0743. The van der Waals surface area contributed by atoms with Gasteiger partial charge in [0.25, 0.3) is 0 Å². The minimum absolute atomic E-state index is 0.0743. The molecule has 0 radical (unpaired) electrons. The summed E-state index contributed by atoms with van der Waals surface area (Å²) in [6, 6.07) is 0. The van der Waals surface area contributed by atoms with Crippen LogP contribution in [0.25, 0.3) is 0 Å². The highest BCUT2D eigenvalue weighted by Gasteiger charge is 2.05. The molecule has 0 aromatic carbocycles. The Balaban J connectivity index is 3.23. The number of hydrogen-bond donors (Lipinski definition) is 0. The van der Waals surface area contributed by atoms with E-state index in [9.17, 15) is 4.79 Å². The third-order valence-corrected chi connectivity index (χ3v) is 2.87. The number of carbonyl (C=O) groups excluding carboxylic acids is 1. The van der Waals surface area contributed by atoms with Gasteiger partial charge in [0, 0.05) is 6.42 Å². The SMILES string of the molecule is CCCCCCCCC(C)COC(=O)CC. The van der Waals surface area contributed by atoms with Crippen LogP contribution in [0.1, 0.15) is 72.1 Å². The molecule has 16 heavy (non-hydrogen) atoms. The lowest BCUT2D eigenvalue weighted by Crippen LogP contribution is -2.10. The number of unbranched alkanes of at least 4 members (excludes halogenated alkanes) is 5. The first-order valence-corrected chi connectivity index (χ1v) is 6.86. The average molecular weight is 228 g/mol. The summed E-state index contributed by atoms with van der Waals surface area (Å²) in [5.74, 6) is 0.441. The van der Waals surface area contributed by atoms with Crippen LogP contribution in [-0.2, 0) is 9.53 Å². The third-order valence-electron chi connectivity index (χ3n) is 2.87. The second kappa shape index (κ2) is 11.0. The van der Waals surface area contributed by atoms with Crippen LogP contribution in [0.2, 0.25) is 0 Å². The summed E-state index contributed by atoms with van der Waals surface area (Å²) >= 11 is 0. The van der Waals surface area contributed by atoms with Crippen molar-refractivity contribution in [2.24, 2.45) is 5.92 Å². The smallest absolute Gasteiger partial charge is 0.305 e. The van der Waals surface area contributed by atoms with Gasteiger partial charge in [-0.3, -0.25) is 4.79 Å². The molecule has 0 fully saturated rings. The highest BCUT2D eigenvalue weighted by atomic mass is 16.5. The van der Waals surface area contributed by atoms with Gasteiger partial charge in [-0.25, -0.2) is 0 Å². The molecule has 0 aromatic rings. The van der Waals surface area contributed by atoms with Gasteiger partial charge in [-0.1, -0.05) is 59.3 Å². The first-order valence-electron chi connectivity index (χ1n) is 6.86. The van der Waals surface area contributed by atoms with Gasteiger partial charge in [0.1, 0.15) is 0 Å². The zero-order valence-electron chi connectivity index (χ0n) is 11.3. The molecule has 2 nitrogen and oxygen atoms in total. The Hall–Kier alpha value is -0.530. The van der Waals surface area contributed by atoms with Crippen molar-refractivity contribution in [3.05, 3.63) is 0 Å². The molecular formula is C14H28O2. The lowest BCUT2D eigenvalue weighted by atomic mass is 10.0. The van der Waals surface area contributed by atoms with Crippen molar-refractivity contribution in [1.29, 1.82) is 0 Å². The second-order valence-corrected chi connectivity index (χ2v) is 4.70. The molecule has 0 aliphatic heterocycles. The standard InChI is InChI=1S/C14H28O2/c1-4-6-7-8-9-10-11-13(3)12-16-14(15)5-2/h13H,4-12H2,1-3H3. The van der Waals surface area contributed by atoms with E-state index in [-0.39, 0.29) is 5.97 Å². The van der Waals surface area contributed by atoms with Crippen LogP contribution in [0.4, 0.5) is 0 Å². The largest absolute Gasteiger partial charge is 0.465 e. The van der Waals surface area contributed by atoms with Crippen molar-refractivity contribution in [2.45, 2.75) is 72.1 Å². The van der Waals surface area contributed by atoms with E-state index in [4.69, 9.17) is 4.74 Å². The highest BCUT2D eigenvalue weighted by molar-refractivity contribution is 5.68. The van der Waals surface area contributed by atoms with Gasteiger partial charge in [-0.15, -0.1) is 0 Å². The van der Waals surface area contributed by atoms with E-state index < -0.39 is 0 Å². The van der Waals surface area contributed by atoms with Crippen LogP contribution >= 0.6 is 0 Å². The molecule has 0 bridgehead atoms. The predicted molar refractivity (Wildman–Crippen MR) is 68.4 cm³/mol. The molecule has 2 heteroatoms. The first kappa shape index (κ1) is 15.5. The predicted octanol–water partition coefficient (Wildman–Crippen LogP) is 4.33. The summed E-state index contributed by atoms with van der Waals surface area (Å²) in [4.78, 5) is 10.9. The zero-order valence-corrected chi connectivity index (χ0v) is 11.3. The quantitative estimate of drug-likeness (QED) is 0.411. The number of rotatable bonds is 10. The molecule has 0 aliphatic rings. The van der Waals surface area contributed by atoms with Gasteiger partial charge in [0.2, 0.25) is 0 Å². The van der Waals surface area contributed by atoms with Gasteiger partial charge in [-0.05, 0) is 12.3 Å². The van der Waals surface area contributed by atoms with Crippen LogP contribution in [0.3, 0.4) is 0 Å². The van der Waals surface area contributed by atoms with Crippen LogP contribution in [-0.4, -0.2) is 12.6 Å². The Morgan fingerprint density at radius 1 is 1.06 bits per heavy atom. The van der Waals surface area contributed by atoms with Crippen molar-refractivity contribution in [1.82, 2.24) is 0 Å². The summed E-state index contributed by atoms with van der Waals surface area (Å²) < 4.78 is 5.11. The second-order valence-electron chi connectivity index (χ2n) is 4.70. The monoisotopic (exact) mass is 228 g/mol. The maximum Gasteiger partial charge on any atom is 0.305 e. The maximum atomic E-state index is 10.9. The number of ether oxygens (including phenoxy) is 1. The molecule has 0 rings (SSSR count). The van der Waals surface area contributed by atoms with Crippen LogP contribution in [0.15, 0.2) is 0 Å². The summed E-state index contributed by atoms with van der Waals surface area (Å²) in [6.45, 7) is 6.83. The van der Waals surface area contributed by atoms with Crippen LogP contribution in [0, 0.1) is 5.92 Å². The topological polar surface area (TPSA) is 26.3 Å². The van der Waals surface area contributed by atoms with Crippen LogP contribution in [0.5, 0.6) is 0 Å². The third kappa shape index (κ3) is 10.0. The van der Waals surface area contributed by atoms with Gasteiger partial charge in [0.15, 0.2) is 0 Å². The molecule has 1 atom stereocenters. The molecule has 0 N–H and O–H groups in total. The molecule has 0 saturated heterocycles. The van der Waals surface area contributed by atoms with Gasteiger partial charge < -0.3 is 4.74 Å². The maximum absolute atomic E-state index is 10.9. The summed E-state index contributed by atoms with van der Waals surface area (Å²) in [5.41, 5.74) is 0. The minimum Gasteiger partial charge on any atom is -0.465 e. The summed E-state index contributed by atoms with van der Waals surface area (Å²) in [7, 11) is 0. The van der Waals surface area contributed by atoms with Crippen molar-refractivity contribution >= 4 is 5.97 Å². The molecule has 0 saturated carbocycles. The molecule has 0 aliphatic carbocycles. The Bertz CT molecular complexity index is 166. The van der Waals surface area contributed by atoms with E-state index in [1.807, 2.05) is 6.92 Å². The molecule has 1 unspecified atom stereocenters. The summed E-state index contributed by atoms with van der Waals surface area (Å²) in [6.07, 6.45) is 9.67. The Kier molecular flexibility index (Phi) is 10.6. The van der Waals surface area contributed by atoms with E-state index in [0.717, 1.165) is 0 Å². The number of carbonyl (C=O) groups is 1. The lowest BCUT2D eigenvalue weighted by molar-refractivity contribution is -0.144. The lowest BCUT2D eigenvalue weighted by Gasteiger charge is -2.11. The molecule has 0 amide bonds. The Morgan fingerprint density at radius 3 is 2.31 bits per heavy atom. The normalized spacial score (nSPS) is 12.4. The molecule has 0 aromatic heterocycles. The van der Waals surface area contributed by atoms with E-state index in [2.05, 4.69) is 13.8 Å². The van der Waals surface area contributed by atoms with E-state index >= 15 is 0 Å². The first-order chi connectivity index (χ1) is 7.70. The Labute approximate surface area is 101 Å². The van der Waals surface area contributed by atoms with Crippen molar-refractivity contribution in [2.75, 3.05) is 6.61 Å². The average Bonchev–Trinajstić information content (AvgIpc) is 2.30. The fourth-order valence-electron chi connectivity index (χ4n) is 1.69. The van der Waals surface area contributed by atoms with Gasteiger partial charge in [-0.2, -0.15) is 0 Å². The summed E-state index contributed by atoms with van der Waals surface area (Å²) in [5, 5.41) is 0. The van der Waals surface area contributed by atoms with Crippen molar-refractivity contribution < 1.29 is 9.53 Å². The van der Waals surface area contributed by atoms with E-state index in [0.29, 0.717) is 18.9 Å². The zero-order chi connectivity index (χ0) is 12.2. The number of esters is 1. The van der Waals surface area contributed by atoms with Crippen molar-refractivity contribution in [3.8, 4) is 0 Å². The van der Waals surface area contributed by atoms with Crippen LogP contribution < -0.4 is 0 Å². The van der Waals surface area contributed by atoms with Gasteiger partial charge >= 0.3 is 5.97 Å². The molecule has 0 spiro atoms. The fourth-order valence-corrected chi connectivity index (χ4v) is 1.69. The molecule has 96 valence electrons. The highest BCUT2D eigenvalue weighted by Crippen LogP contribution is 2.12. The van der Waals surface area contributed by atoms with Crippen molar-refractivity contribution in [3.63, 3.8) is 0 Å². The molecular weight excluding hydrogens is 200 g/mol. The Morgan fingerprint density at radius 2 is 1.69 bits per heavy atom. The fraction of sp³-hybridized carbons (Fsp3) is 0.929. The number of hydrogen-bond acceptors (Lipinski definition) is 2. The van der Waals surface area contributed by atoms with E-state index in [1.54, 1.807) is 0 Å².